The maximum Gasteiger partial charge on any atom is 0.338 e. The molecule has 0 atom stereocenters. The summed E-state index contributed by atoms with van der Waals surface area (Å²) in [5.41, 5.74) is 35.8. The zero-order valence-corrected chi connectivity index (χ0v) is 53.9. The maximum atomic E-state index is 16.3. The molecule has 19 rings (SSSR count). The number of fused-ring (bicyclic) bond motifs is 8. The summed E-state index contributed by atoms with van der Waals surface area (Å²) in [6.07, 6.45) is 0. The van der Waals surface area contributed by atoms with Crippen LogP contribution in [0.15, 0.2) is 231 Å². The second-order valence-electron chi connectivity index (χ2n) is 27.2. The van der Waals surface area contributed by atoms with Crippen LogP contribution in [-0.4, -0.2) is 38.9 Å². The van der Waals surface area contributed by atoms with E-state index in [0.29, 0.717) is 0 Å². The van der Waals surface area contributed by atoms with Gasteiger partial charge >= 0.3 is 12.1 Å². The van der Waals surface area contributed by atoms with Gasteiger partial charge in [-0.2, -0.15) is 0 Å². The van der Waals surface area contributed by atoms with Crippen LogP contribution in [0.5, 0.6) is 0 Å². The topological polar surface area (TPSA) is 47.1 Å². The van der Waals surface area contributed by atoms with Gasteiger partial charge in [-0.25, -0.2) is 9.59 Å². The third-order valence-electron chi connectivity index (χ3n) is 22.3. The van der Waals surface area contributed by atoms with Gasteiger partial charge in [0.1, 0.15) is 0 Å². The molecule has 13 aromatic rings. The second kappa shape index (κ2) is 19.8. The molecule has 442 valence electrons. The molecule has 0 bridgehead atoms. The van der Waals surface area contributed by atoms with E-state index in [9.17, 15) is 0 Å². The molecular weight excluding hydrogens is 1140 g/mol. The van der Waals surface area contributed by atoms with Crippen LogP contribution in [0.3, 0.4) is 0 Å². The molecule has 94 heavy (non-hydrogen) atoms. The molecule has 0 fully saturated rings. The normalized spacial score (nSPS) is 14.3. The summed E-state index contributed by atoms with van der Waals surface area (Å²) >= 11 is 0. The Morgan fingerprint density at radius 3 is 0.766 bits per heavy atom. The molecule has 6 heterocycles. The lowest BCUT2D eigenvalue weighted by Gasteiger charge is -2.47. The van der Waals surface area contributed by atoms with Gasteiger partial charge in [-0.05, 0) is 156 Å². The number of amides is 4. The van der Waals surface area contributed by atoms with Gasteiger partial charge in [-0.3, -0.25) is 19.6 Å². The van der Waals surface area contributed by atoms with Gasteiger partial charge in [0, 0.05) is 33.5 Å². The number of anilines is 8. The Balaban J connectivity index is 0.889. The third kappa shape index (κ3) is 7.20. The Morgan fingerprint density at radius 2 is 0.489 bits per heavy atom. The van der Waals surface area contributed by atoms with E-state index in [1.807, 2.05) is 0 Å². The van der Waals surface area contributed by atoms with Crippen LogP contribution in [-0.2, 0) is 0 Å². The molecule has 0 saturated heterocycles. The fraction of sp³-hybridized carbons (Fsp3) is 0.0952. The zero-order chi connectivity index (χ0) is 63.4. The molecule has 10 heteroatoms. The highest BCUT2D eigenvalue weighted by Gasteiger charge is 2.52. The number of benzene rings is 13. The molecule has 13 aromatic carbocycles. The van der Waals surface area contributed by atoms with Crippen LogP contribution in [0, 0.1) is 55.4 Å². The highest BCUT2D eigenvalue weighted by atomic mass is 16.2. The van der Waals surface area contributed by atoms with Crippen molar-refractivity contribution >= 4 is 172 Å². The van der Waals surface area contributed by atoms with Crippen LogP contribution < -0.4 is 85.2 Å². The average Bonchev–Trinajstić information content (AvgIpc) is 0.683. The van der Waals surface area contributed by atoms with Crippen molar-refractivity contribution in [3.8, 4) is 22.3 Å². The molecule has 0 saturated carbocycles. The van der Waals surface area contributed by atoms with Gasteiger partial charge in [0.05, 0.1) is 22.7 Å². The summed E-state index contributed by atoms with van der Waals surface area (Å²) in [4.78, 5) is 40.7. The van der Waals surface area contributed by atoms with Crippen LogP contribution in [0.2, 0.25) is 0 Å². The fourth-order valence-corrected chi connectivity index (χ4v) is 18.5. The first-order valence-corrected chi connectivity index (χ1v) is 33.1. The van der Waals surface area contributed by atoms with Crippen molar-refractivity contribution in [1.82, 2.24) is 0 Å². The molecule has 0 N–H and O–H groups in total. The number of hydrogen-bond acceptors (Lipinski definition) is 2. The van der Waals surface area contributed by atoms with Crippen LogP contribution in [0.4, 0.5) is 55.1 Å². The minimum atomic E-state index is -0.167. The standard InChI is InChI=1S/C84H62B4N4O2/c1-47-21-17-22-48(2)75(47)85-61-29-9-13-33-69(61)89-79-65(85)43-41-57-59(45-67-81(73(57)79)91(83(89)93)71-35-15-11-31-63(71)87(67)77-51(5)25-19-26-52(77)6)55-37-39-56(40-38-55)60-46-68-82-74-58(60)42-44-66-80(74)90(70-34-14-10-30-62(70)86(66)76-49(3)23-18-24-50(76)4)84(94)92(82)72-36-16-12-32-64(72)88(68)78-53(7)27-20-28-54(78)8/h9-46H,1-8H3. The summed E-state index contributed by atoms with van der Waals surface area (Å²) in [6, 6.07) is 84.5. The molecular formula is C84H62B4N4O2. The van der Waals surface area contributed by atoms with Crippen molar-refractivity contribution in [3.63, 3.8) is 0 Å². The minimum Gasteiger partial charge on any atom is -0.263 e. The van der Waals surface area contributed by atoms with E-state index in [1.165, 1.54) is 66.4 Å². The lowest BCUT2D eigenvalue weighted by Crippen LogP contribution is -2.65. The Morgan fingerprint density at radius 1 is 0.245 bits per heavy atom. The summed E-state index contributed by atoms with van der Waals surface area (Å²) < 4.78 is 0. The second-order valence-corrected chi connectivity index (χ2v) is 27.2. The van der Waals surface area contributed by atoms with Gasteiger partial charge in [-0.15, -0.1) is 0 Å². The summed E-state index contributed by atoms with van der Waals surface area (Å²) in [6.45, 7) is 17.3. The smallest absolute Gasteiger partial charge is 0.263 e. The number of urea groups is 2. The highest BCUT2D eigenvalue weighted by molar-refractivity contribution is 7.02. The SMILES string of the molecule is Cc1cccc(C)c1B1c2ccccc2N2C(=O)N3c4ccccc4B(c4c(C)cccc4C)c4cc(-c5ccc(-c6cc7c8c9c%10c(ccc69)B(c6c(C)cccc6C)c6ccccc6N%10C(=O)N8c6ccccc6B7c6c(C)cccc6C)cc5)c5ccc1c2c5c43. The average molecular weight is 1200 g/mol. The molecule has 0 unspecified atom stereocenters. The summed E-state index contributed by atoms with van der Waals surface area (Å²) in [5.74, 6) is 0. The molecule has 6 aliphatic rings. The molecule has 4 amide bonds. The monoisotopic (exact) mass is 1200 g/mol. The quantitative estimate of drug-likeness (QED) is 0.156. The summed E-state index contributed by atoms with van der Waals surface area (Å²) in [5, 5.41) is 4.37. The molecule has 0 aromatic heterocycles. The van der Waals surface area contributed by atoms with E-state index < -0.39 is 0 Å². The summed E-state index contributed by atoms with van der Waals surface area (Å²) in [7, 11) is 0. The Bertz CT molecular complexity index is 5140. The fourth-order valence-electron chi connectivity index (χ4n) is 18.5. The molecule has 0 aliphatic carbocycles. The van der Waals surface area contributed by atoms with Gasteiger partial charge in [0.15, 0.2) is 0 Å². The lowest BCUT2D eigenvalue weighted by atomic mass is 9.32. The first kappa shape index (κ1) is 54.9. The largest absolute Gasteiger partial charge is 0.338 e. The van der Waals surface area contributed by atoms with Crippen molar-refractivity contribution in [2.75, 3.05) is 19.6 Å². The Hall–Kier alpha value is -10.8. The van der Waals surface area contributed by atoms with Gasteiger partial charge < -0.3 is 0 Å². The van der Waals surface area contributed by atoms with E-state index in [-0.39, 0.29) is 38.9 Å². The first-order chi connectivity index (χ1) is 45.9. The van der Waals surface area contributed by atoms with E-state index in [2.05, 4.69) is 306 Å². The van der Waals surface area contributed by atoms with Crippen molar-refractivity contribution in [2.24, 2.45) is 0 Å². The number of carbonyl (C=O) groups is 2. The van der Waals surface area contributed by atoms with Crippen molar-refractivity contribution in [2.45, 2.75) is 55.4 Å². The minimum absolute atomic E-state index is 0.0680. The van der Waals surface area contributed by atoms with Crippen LogP contribution in [0.1, 0.15) is 44.5 Å². The zero-order valence-electron chi connectivity index (χ0n) is 53.9. The maximum absolute atomic E-state index is 16.3. The van der Waals surface area contributed by atoms with Crippen molar-refractivity contribution < 1.29 is 9.59 Å². The highest BCUT2D eigenvalue weighted by Crippen LogP contribution is 2.52. The van der Waals surface area contributed by atoms with Crippen LogP contribution >= 0.6 is 0 Å². The van der Waals surface area contributed by atoms with Crippen molar-refractivity contribution in [1.29, 1.82) is 0 Å². The first-order valence-electron chi connectivity index (χ1n) is 33.1. The predicted molar refractivity (Wildman–Crippen MR) is 400 cm³/mol. The van der Waals surface area contributed by atoms with E-state index >= 15 is 9.59 Å². The predicted octanol–water partition coefficient (Wildman–Crippen LogP) is 11.9. The number of para-hydroxylation sites is 4. The number of hydrogen-bond donors (Lipinski definition) is 0. The number of nitrogens with zero attached hydrogens (tertiary/aromatic N) is 4. The molecule has 6 aliphatic heterocycles. The van der Waals surface area contributed by atoms with Gasteiger partial charge in [0.25, 0.3) is 0 Å². The van der Waals surface area contributed by atoms with Crippen molar-refractivity contribution in [3.05, 3.63) is 275 Å². The van der Waals surface area contributed by atoms with Crippen LogP contribution in [0.25, 0.3) is 43.8 Å². The van der Waals surface area contributed by atoms with E-state index in [0.717, 1.165) is 133 Å². The lowest BCUT2D eigenvalue weighted by molar-refractivity contribution is 0.254. The molecule has 0 spiro atoms. The number of carbonyl (C=O) groups excluding carboxylic acids is 2. The Kier molecular flexibility index (Phi) is 11.6. The molecule has 0 radical (unpaired) electrons. The number of rotatable bonds is 6. The third-order valence-corrected chi connectivity index (χ3v) is 22.3. The van der Waals surface area contributed by atoms with E-state index in [1.54, 1.807) is 0 Å². The molecule has 6 nitrogen and oxygen atoms in total. The van der Waals surface area contributed by atoms with Gasteiger partial charge in [0.2, 0.25) is 26.9 Å². The van der Waals surface area contributed by atoms with Gasteiger partial charge in [-0.1, -0.05) is 273 Å². The van der Waals surface area contributed by atoms with E-state index in [4.69, 9.17) is 0 Å². The Labute approximate surface area is 550 Å². The number of aryl methyl sites for hydroxylation is 8.